The lowest BCUT2D eigenvalue weighted by atomic mass is 9.71. The van der Waals surface area contributed by atoms with Crippen LogP contribution in [0.2, 0.25) is 5.02 Å². The molecule has 1 aromatic rings. The van der Waals surface area contributed by atoms with Gasteiger partial charge in [-0.25, -0.2) is 0 Å². The molecule has 4 nitrogen and oxygen atoms in total. The first-order valence-corrected chi connectivity index (χ1v) is 7.53. The second-order valence-corrected chi connectivity index (χ2v) is 6.31. The fourth-order valence-electron chi connectivity index (χ4n) is 2.88. The molecule has 1 aromatic carbocycles. The number of carbonyl (C=O) groups excluding carboxylic acids is 1. The molecule has 0 bridgehead atoms. The Morgan fingerprint density at radius 2 is 2.10 bits per heavy atom. The summed E-state index contributed by atoms with van der Waals surface area (Å²) in [5.74, 6) is -1.16. The topological polar surface area (TPSA) is 66.4 Å². The summed E-state index contributed by atoms with van der Waals surface area (Å²) >= 11 is 6.16. The number of hydrogen-bond donors (Lipinski definition) is 2. The molecule has 2 unspecified atom stereocenters. The van der Waals surface area contributed by atoms with E-state index in [-0.39, 0.29) is 11.9 Å². The number of carboxylic acids is 1. The zero-order valence-corrected chi connectivity index (χ0v) is 13.0. The number of nitrogens with one attached hydrogen (secondary N) is 1. The van der Waals surface area contributed by atoms with E-state index in [9.17, 15) is 14.7 Å². The quantitative estimate of drug-likeness (QED) is 0.899. The van der Waals surface area contributed by atoms with E-state index in [1.807, 2.05) is 13.0 Å². The molecule has 0 spiro atoms. The minimum atomic E-state index is -0.912. The molecule has 2 atom stereocenters. The summed E-state index contributed by atoms with van der Waals surface area (Å²) in [6.45, 7) is 3.54. The minimum Gasteiger partial charge on any atom is -0.481 e. The lowest BCUT2D eigenvalue weighted by molar-refractivity contribution is -0.151. The lowest BCUT2D eigenvalue weighted by Gasteiger charge is -2.38. The molecule has 2 rings (SSSR count). The van der Waals surface area contributed by atoms with Gasteiger partial charge in [0, 0.05) is 6.04 Å². The molecule has 1 aliphatic carbocycles. The van der Waals surface area contributed by atoms with Crippen LogP contribution in [0.5, 0.6) is 0 Å². The van der Waals surface area contributed by atoms with Gasteiger partial charge in [-0.1, -0.05) is 36.6 Å². The Labute approximate surface area is 129 Å². The summed E-state index contributed by atoms with van der Waals surface area (Å²) < 4.78 is 0. The van der Waals surface area contributed by atoms with Crippen molar-refractivity contribution in [1.29, 1.82) is 0 Å². The highest BCUT2D eigenvalue weighted by molar-refractivity contribution is 6.34. The van der Waals surface area contributed by atoms with E-state index in [1.165, 1.54) is 0 Å². The lowest BCUT2D eigenvalue weighted by Crippen LogP contribution is -2.52. The van der Waals surface area contributed by atoms with Gasteiger partial charge in [-0.15, -0.1) is 0 Å². The van der Waals surface area contributed by atoms with Crippen LogP contribution < -0.4 is 5.32 Å². The number of carboxylic acid groups (broad SMARTS) is 1. The van der Waals surface area contributed by atoms with Gasteiger partial charge in [0.15, 0.2) is 0 Å². The molecule has 0 radical (unpaired) electrons. The molecule has 0 aliphatic heterocycles. The SMILES string of the molecule is Cc1cccc(C(=O)NC2CCCCC2(C)C(=O)O)c1Cl. The fraction of sp³-hybridized carbons (Fsp3) is 0.500. The van der Waals surface area contributed by atoms with E-state index in [0.717, 1.165) is 18.4 Å². The van der Waals surface area contributed by atoms with Crippen molar-refractivity contribution in [3.63, 3.8) is 0 Å². The highest BCUT2D eigenvalue weighted by Gasteiger charge is 2.44. The smallest absolute Gasteiger partial charge is 0.311 e. The molecule has 1 saturated carbocycles. The first-order valence-electron chi connectivity index (χ1n) is 7.15. The van der Waals surface area contributed by atoms with Crippen molar-refractivity contribution in [2.24, 2.45) is 5.41 Å². The third-order valence-corrected chi connectivity index (χ3v) is 4.94. The Kier molecular flexibility index (Phi) is 4.57. The van der Waals surface area contributed by atoms with Crippen LogP contribution in [0.15, 0.2) is 18.2 Å². The molecule has 21 heavy (non-hydrogen) atoms. The number of hydrogen-bond acceptors (Lipinski definition) is 2. The van der Waals surface area contributed by atoms with Crippen molar-refractivity contribution >= 4 is 23.5 Å². The maximum absolute atomic E-state index is 12.4. The normalized spacial score (nSPS) is 25.4. The van der Waals surface area contributed by atoms with Crippen molar-refractivity contribution in [1.82, 2.24) is 5.32 Å². The van der Waals surface area contributed by atoms with Crippen molar-refractivity contribution in [2.75, 3.05) is 0 Å². The summed E-state index contributed by atoms with van der Waals surface area (Å²) in [6.07, 6.45) is 3.06. The van der Waals surface area contributed by atoms with Crippen molar-refractivity contribution in [2.45, 2.75) is 45.6 Å². The highest BCUT2D eigenvalue weighted by Crippen LogP contribution is 2.36. The van der Waals surface area contributed by atoms with E-state index in [1.54, 1.807) is 19.1 Å². The van der Waals surface area contributed by atoms with Gasteiger partial charge in [-0.3, -0.25) is 9.59 Å². The van der Waals surface area contributed by atoms with Crippen molar-refractivity contribution in [3.8, 4) is 0 Å². The van der Waals surface area contributed by atoms with Gasteiger partial charge in [-0.05, 0) is 38.3 Å². The number of halogens is 1. The molecule has 1 fully saturated rings. The molecule has 0 saturated heterocycles. The number of carbonyl (C=O) groups is 2. The maximum atomic E-state index is 12.4. The Bertz CT molecular complexity index is 573. The average molecular weight is 310 g/mol. The third-order valence-electron chi connectivity index (χ3n) is 4.44. The van der Waals surface area contributed by atoms with Crippen LogP contribution in [0.25, 0.3) is 0 Å². The monoisotopic (exact) mass is 309 g/mol. The van der Waals surface area contributed by atoms with Crippen LogP contribution in [-0.4, -0.2) is 23.0 Å². The van der Waals surface area contributed by atoms with E-state index >= 15 is 0 Å². The van der Waals surface area contributed by atoms with Crippen LogP contribution in [-0.2, 0) is 4.79 Å². The number of amides is 1. The number of benzene rings is 1. The van der Waals surface area contributed by atoms with Gasteiger partial charge in [0.1, 0.15) is 0 Å². The molecular formula is C16H20ClNO3. The molecule has 5 heteroatoms. The van der Waals surface area contributed by atoms with E-state index in [4.69, 9.17) is 11.6 Å². The Morgan fingerprint density at radius 3 is 2.76 bits per heavy atom. The Balaban J connectivity index is 2.21. The summed E-state index contributed by atoms with van der Waals surface area (Å²) in [6, 6.07) is 4.90. The average Bonchev–Trinajstić information content (AvgIpc) is 2.44. The molecular weight excluding hydrogens is 290 g/mol. The number of rotatable bonds is 3. The van der Waals surface area contributed by atoms with Crippen LogP contribution >= 0.6 is 11.6 Å². The molecule has 114 valence electrons. The Morgan fingerprint density at radius 1 is 1.38 bits per heavy atom. The van der Waals surface area contributed by atoms with Gasteiger partial charge in [0.2, 0.25) is 0 Å². The van der Waals surface area contributed by atoms with Crippen LogP contribution in [0.1, 0.15) is 48.5 Å². The predicted molar refractivity (Wildman–Crippen MR) is 81.7 cm³/mol. The van der Waals surface area contributed by atoms with Gasteiger partial charge >= 0.3 is 5.97 Å². The summed E-state index contributed by atoms with van der Waals surface area (Å²) in [4.78, 5) is 24.0. The molecule has 0 aromatic heterocycles. The molecule has 2 N–H and O–H groups in total. The van der Waals surface area contributed by atoms with Gasteiger partial charge < -0.3 is 10.4 Å². The molecule has 0 heterocycles. The number of aliphatic carboxylic acids is 1. The standard InChI is InChI=1S/C16H20ClNO3/c1-10-6-5-7-11(13(10)17)14(19)18-12-8-3-4-9-16(12,2)15(20)21/h5-7,12H,3-4,8-9H2,1-2H3,(H,18,19)(H,20,21). The summed E-state index contributed by atoms with van der Waals surface area (Å²) in [7, 11) is 0. The van der Waals surface area contributed by atoms with Gasteiger partial charge in [0.25, 0.3) is 5.91 Å². The summed E-state index contributed by atoms with van der Waals surface area (Å²) in [5, 5.41) is 12.8. The first kappa shape index (κ1) is 15.8. The van der Waals surface area contributed by atoms with Crippen molar-refractivity contribution < 1.29 is 14.7 Å². The third kappa shape index (κ3) is 3.05. The molecule has 1 aliphatic rings. The van der Waals surface area contributed by atoms with E-state index in [0.29, 0.717) is 23.4 Å². The van der Waals surface area contributed by atoms with E-state index in [2.05, 4.69) is 5.32 Å². The second kappa shape index (κ2) is 6.06. The number of aryl methyl sites for hydroxylation is 1. The van der Waals surface area contributed by atoms with Gasteiger partial charge in [0.05, 0.1) is 16.0 Å². The zero-order valence-electron chi connectivity index (χ0n) is 12.3. The first-order chi connectivity index (χ1) is 9.86. The highest BCUT2D eigenvalue weighted by atomic mass is 35.5. The second-order valence-electron chi connectivity index (χ2n) is 5.93. The fourth-order valence-corrected chi connectivity index (χ4v) is 3.09. The Hall–Kier alpha value is -1.55. The van der Waals surface area contributed by atoms with Crippen LogP contribution in [0, 0.1) is 12.3 Å². The largest absolute Gasteiger partial charge is 0.481 e. The summed E-state index contributed by atoms with van der Waals surface area (Å²) in [5.41, 5.74) is 0.313. The minimum absolute atomic E-state index is 0.303. The molecule has 1 amide bonds. The van der Waals surface area contributed by atoms with Crippen LogP contribution in [0.4, 0.5) is 0 Å². The zero-order chi connectivity index (χ0) is 15.6. The van der Waals surface area contributed by atoms with E-state index < -0.39 is 11.4 Å². The van der Waals surface area contributed by atoms with Gasteiger partial charge in [-0.2, -0.15) is 0 Å². The van der Waals surface area contributed by atoms with Crippen molar-refractivity contribution in [3.05, 3.63) is 34.3 Å². The maximum Gasteiger partial charge on any atom is 0.311 e. The van der Waals surface area contributed by atoms with Crippen LogP contribution in [0.3, 0.4) is 0 Å². The predicted octanol–water partition coefficient (Wildman–Crippen LogP) is 3.41.